The van der Waals surface area contributed by atoms with Crippen LogP contribution in [0.25, 0.3) is 0 Å². The second kappa shape index (κ2) is 2.82. The van der Waals surface area contributed by atoms with Crippen molar-refractivity contribution in [2.24, 2.45) is 11.3 Å². The van der Waals surface area contributed by atoms with E-state index in [0.29, 0.717) is 0 Å². The van der Waals surface area contributed by atoms with E-state index in [4.69, 9.17) is 0 Å². The molecule has 1 N–H and O–H groups in total. The first kappa shape index (κ1) is 8.20. The number of carbonyl (C=O) groups excluding carboxylic acids is 1. The lowest BCUT2D eigenvalue weighted by molar-refractivity contribution is -0.127. The van der Waals surface area contributed by atoms with Crippen LogP contribution in [-0.4, -0.2) is 42.5 Å². The van der Waals surface area contributed by atoms with Gasteiger partial charge >= 0.3 is 0 Å². The Balaban J connectivity index is 2.20. The smallest absolute Gasteiger partial charge is 0.124 e. The molecule has 3 saturated heterocycles. The maximum Gasteiger partial charge on any atom is 0.124 e. The van der Waals surface area contributed by atoms with Crippen LogP contribution in [0.1, 0.15) is 12.8 Å². The highest BCUT2D eigenvalue weighted by molar-refractivity contribution is 5.56. The molecule has 3 nitrogen and oxygen atoms in total. The first-order valence-electron chi connectivity index (χ1n) is 4.59. The van der Waals surface area contributed by atoms with Crippen LogP contribution in [-0.2, 0) is 4.79 Å². The van der Waals surface area contributed by atoms with Crippen LogP contribution in [0.15, 0.2) is 0 Å². The van der Waals surface area contributed by atoms with Crippen molar-refractivity contribution < 1.29 is 9.90 Å². The van der Waals surface area contributed by atoms with Crippen LogP contribution in [0.5, 0.6) is 0 Å². The van der Waals surface area contributed by atoms with E-state index < -0.39 is 0 Å². The third kappa shape index (κ3) is 1.00. The molecule has 0 radical (unpaired) electrons. The van der Waals surface area contributed by atoms with Crippen LogP contribution < -0.4 is 0 Å². The maximum atomic E-state index is 10.8. The Bertz CT molecular complexity index is 185. The van der Waals surface area contributed by atoms with Crippen molar-refractivity contribution in [1.82, 2.24) is 4.90 Å². The summed E-state index contributed by atoms with van der Waals surface area (Å²) in [5.74, 6) is 0.0741. The molecule has 68 valence electrons. The van der Waals surface area contributed by atoms with Gasteiger partial charge in [-0.15, -0.1) is 0 Å². The highest BCUT2D eigenvalue weighted by atomic mass is 16.3. The zero-order valence-electron chi connectivity index (χ0n) is 7.20. The van der Waals surface area contributed by atoms with E-state index in [-0.39, 0.29) is 17.9 Å². The van der Waals surface area contributed by atoms with E-state index in [2.05, 4.69) is 4.90 Å². The molecule has 0 aromatic carbocycles. The van der Waals surface area contributed by atoms with Gasteiger partial charge in [0.15, 0.2) is 0 Å². The summed E-state index contributed by atoms with van der Waals surface area (Å²) >= 11 is 0. The number of fused-ring (bicyclic) bond motifs is 3. The standard InChI is InChI=1S/C9H15NO2/c11-6-8-5-10-3-1-9(8,7-12)2-4-10/h6,8,12H,1-5,7H2. The van der Waals surface area contributed by atoms with Gasteiger partial charge in [-0.1, -0.05) is 0 Å². The van der Waals surface area contributed by atoms with Crippen molar-refractivity contribution in [3.63, 3.8) is 0 Å². The number of piperidine rings is 3. The molecule has 12 heavy (non-hydrogen) atoms. The SMILES string of the molecule is O=CC1CN2CCC1(CO)CC2. The molecule has 2 bridgehead atoms. The lowest BCUT2D eigenvalue weighted by atomic mass is 9.66. The molecule has 0 aliphatic carbocycles. The lowest BCUT2D eigenvalue weighted by Crippen LogP contribution is -2.56. The van der Waals surface area contributed by atoms with Gasteiger partial charge in [-0.2, -0.15) is 0 Å². The van der Waals surface area contributed by atoms with Gasteiger partial charge < -0.3 is 14.8 Å². The summed E-state index contributed by atoms with van der Waals surface area (Å²) in [5, 5.41) is 9.29. The molecule has 3 heterocycles. The fourth-order valence-corrected chi connectivity index (χ4v) is 2.49. The minimum atomic E-state index is -0.0590. The summed E-state index contributed by atoms with van der Waals surface area (Å²) in [6.45, 7) is 3.17. The number of nitrogens with zero attached hydrogens (tertiary/aromatic N) is 1. The largest absolute Gasteiger partial charge is 0.396 e. The normalized spacial score (nSPS) is 46.1. The van der Waals surface area contributed by atoms with Gasteiger partial charge in [-0.3, -0.25) is 0 Å². The number of carbonyl (C=O) groups is 1. The number of aliphatic hydroxyl groups is 1. The maximum absolute atomic E-state index is 10.8. The van der Waals surface area contributed by atoms with Gasteiger partial charge in [0.05, 0.1) is 0 Å². The molecule has 3 aliphatic rings. The number of aliphatic hydroxyl groups excluding tert-OH is 1. The van der Waals surface area contributed by atoms with Crippen LogP contribution in [0.3, 0.4) is 0 Å². The second-order valence-electron chi connectivity index (χ2n) is 4.06. The molecular formula is C9H15NO2. The topological polar surface area (TPSA) is 40.5 Å². The van der Waals surface area contributed by atoms with E-state index in [1.807, 2.05) is 0 Å². The van der Waals surface area contributed by atoms with Crippen LogP contribution in [0, 0.1) is 11.3 Å². The molecular weight excluding hydrogens is 154 g/mol. The molecule has 0 spiro atoms. The van der Waals surface area contributed by atoms with Crippen molar-refractivity contribution in [1.29, 1.82) is 0 Å². The molecule has 0 aromatic rings. The van der Waals surface area contributed by atoms with Crippen LogP contribution in [0.2, 0.25) is 0 Å². The molecule has 3 heteroatoms. The summed E-state index contributed by atoms with van der Waals surface area (Å²) < 4.78 is 0. The first-order chi connectivity index (χ1) is 5.80. The van der Waals surface area contributed by atoms with Crippen LogP contribution >= 0.6 is 0 Å². The Morgan fingerprint density at radius 3 is 2.58 bits per heavy atom. The fraction of sp³-hybridized carbons (Fsp3) is 0.889. The number of hydrogen-bond donors (Lipinski definition) is 1. The molecule has 0 saturated carbocycles. The van der Waals surface area contributed by atoms with Crippen molar-refractivity contribution in [3.05, 3.63) is 0 Å². The summed E-state index contributed by atoms with van der Waals surface area (Å²) in [4.78, 5) is 13.1. The van der Waals surface area contributed by atoms with Gasteiger partial charge in [-0.05, 0) is 25.9 Å². The Morgan fingerprint density at radius 2 is 2.17 bits per heavy atom. The van der Waals surface area contributed by atoms with E-state index in [1.54, 1.807) is 0 Å². The first-order valence-corrected chi connectivity index (χ1v) is 4.59. The Kier molecular flexibility index (Phi) is 1.93. The van der Waals surface area contributed by atoms with Crippen molar-refractivity contribution >= 4 is 6.29 Å². The van der Waals surface area contributed by atoms with E-state index in [9.17, 15) is 9.90 Å². The molecule has 1 atom stereocenters. The molecule has 0 aromatic heterocycles. The Labute approximate surface area is 72.4 Å². The molecule has 3 rings (SSSR count). The summed E-state index contributed by atoms with van der Waals surface area (Å²) in [6.07, 6.45) is 3.02. The monoisotopic (exact) mass is 169 g/mol. The third-order valence-electron chi connectivity index (χ3n) is 3.57. The average molecular weight is 169 g/mol. The second-order valence-corrected chi connectivity index (χ2v) is 4.06. The van der Waals surface area contributed by atoms with Gasteiger partial charge in [-0.25, -0.2) is 0 Å². The summed E-state index contributed by atoms with van der Waals surface area (Å²) in [5.41, 5.74) is -0.0590. The predicted octanol–water partition coefficient (Wildman–Crippen LogP) is -0.110. The van der Waals surface area contributed by atoms with Gasteiger partial charge in [0.1, 0.15) is 6.29 Å². The minimum Gasteiger partial charge on any atom is -0.396 e. The molecule has 1 unspecified atom stereocenters. The zero-order valence-corrected chi connectivity index (χ0v) is 7.20. The lowest BCUT2D eigenvalue weighted by Gasteiger charge is -2.51. The third-order valence-corrected chi connectivity index (χ3v) is 3.57. The molecule has 3 fully saturated rings. The highest BCUT2D eigenvalue weighted by Crippen LogP contribution is 2.42. The van der Waals surface area contributed by atoms with Gasteiger partial charge in [0.25, 0.3) is 0 Å². The van der Waals surface area contributed by atoms with Crippen molar-refractivity contribution in [2.75, 3.05) is 26.2 Å². The van der Waals surface area contributed by atoms with E-state index in [1.165, 1.54) is 0 Å². The van der Waals surface area contributed by atoms with E-state index in [0.717, 1.165) is 38.8 Å². The molecule has 3 aliphatic heterocycles. The van der Waals surface area contributed by atoms with Crippen LogP contribution in [0.4, 0.5) is 0 Å². The number of hydrogen-bond acceptors (Lipinski definition) is 3. The quantitative estimate of drug-likeness (QED) is 0.586. The summed E-state index contributed by atoms with van der Waals surface area (Å²) in [6, 6.07) is 0. The Hall–Kier alpha value is -0.410. The van der Waals surface area contributed by atoms with Gasteiger partial charge in [0.2, 0.25) is 0 Å². The highest BCUT2D eigenvalue weighted by Gasteiger charge is 2.46. The fourth-order valence-electron chi connectivity index (χ4n) is 2.49. The summed E-state index contributed by atoms with van der Waals surface area (Å²) in [7, 11) is 0. The van der Waals surface area contributed by atoms with Crippen molar-refractivity contribution in [2.45, 2.75) is 12.8 Å². The van der Waals surface area contributed by atoms with Gasteiger partial charge in [0, 0.05) is 24.5 Å². The number of rotatable bonds is 2. The zero-order chi connectivity index (χ0) is 8.60. The average Bonchev–Trinajstić information content (AvgIpc) is 2.19. The predicted molar refractivity (Wildman–Crippen MR) is 44.7 cm³/mol. The number of aldehydes is 1. The van der Waals surface area contributed by atoms with Crippen molar-refractivity contribution in [3.8, 4) is 0 Å². The minimum absolute atomic E-state index is 0.0590. The molecule has 0 amide bonds. The van der Waals surface area contributed by atoms with E-state index >= 15 is 0 Å². The Morgan fingerprint density at radius 1 is 1.50 bits per heavy atom.